The predicted octanol–water partition coefficient (Wildman–Crippen LogP) is 4.14. The SMILES string of the molecule is CCOC(=O)[C]1[CH][CH][CH][C@H](O[C@@H]2CCCC[C@H]2c2ccccc2)C1.[C-]#[O+].[C-]#[O+].[C-]#[O+].[Fe]. The first kappa shape index (κ1) is 31.6. The van der Waals surface area contributed by atoms with Gasteiger partial charge in [-0.05, 0) is 51.0 Å². The maximum absolute atomic E-state index is 11.9. The molecule has 0 heterocycles. The van der Waals surface area contributed by atoms with Gasteiger partial charge in [-0.25, -0.2) is 0 Å². The molecule has 0 amide bonds. The summed E-state index contributed by atoms with van der Waals surface area (Å²) in [6.45, 7) is 15.7. The van der Waals surface area contributed by atoms with Crippen LogP contribution in [0, 0.1) is 45.1 Å². The molecule has 1 aromatic rings. The third-order valence-electron chi connectivity index (χ3n) is 4.86. The van der Waals surface area contributed by atoms with Crippen LogP contribution in [-0.2, 0) is 45.3 Å². The first-order valence-corrected chi connectivity index (χ1v) is 9.64. The molecule has 7 heteroatoms. The van der Waals surface area contributed by atoms with Crippen LogP contribution in [0.3, 0.4) is 0 Å². The van der Waals surface area contributed by atoms with Crippen molar-refractivity contribution in [2.45, 2.75) is 57.2 Å². The largest absolute Gasteiger partial charge is 0 e. The second kappa shape index (κ2) is 20.3. The summed E-state index contributed by atoms with van der Waals surface area (Å²) in [5, 5.41) is 0. The van der Waals surface area contributed by atoms with Crippen molar-refractivity contribution < 1.29 is 45.3 Å². The second-order valence-electron chi connectivity index (χ2n) is 6.52. The maximum Gasteiger partial charge on any atom is 0 e. The van der Waals surface area contributed by atoms with Crippen LogP contribution in [-0.4, -0.2) is 24.8 Å². The Labute approximate surface area is 196 Å². The van der Waals surface area contributed by atoms with E-state index in [1.807, 2.05) is 19.8 Å². The molecule has 1 aromatic carbocycles. The van der Waals surface area contributed by atoms with Crippen molar-refractivity contribution in [3.8, 4) is 0 Å². The third kappa shape index (κ3) is 11.0. The first-order valence-electron chi connectivity index (χ1n) is 9.64. The Hall–Kier alpha value is -1.61. The van der Waals surface area contributed by atoms with Gasteiger partial charge in [0, 0.05) is 23.0 Å². The van der Waals surface area contributed by atoms with Crippen LogP contribution in [0.5, 0.6) is 0 Å². The van der Waals surface area contributed by atoms with E-state index >= 15 is 0 Å². The molecule has 3 rings (SSSR count). The molecule has 4 radical (unpaired) electrons. The van der Waals surface area contributed by atoms with Gasteiger partial charge in [0.1, 0.15) is 0 Å². The number of hydrogen-bond acceptors (Lipinski definition) is 3. The van der Waals surface area contributed by atoms with E-state index in [0.29, 0.717) is 24.9 Å². The van der Waals surface area contributed by atoms with Crippen LogP contribution < -0.4 is 0 Å². The Morgan fingerprint density at radius 3 is 2.26 bits per heavy atom. The minimum Gasteiger partial charge on any atom is 0 e. The van der Waals surface area contributed by atoms with Gasteiger partial charge in [0.05, 0.1) is 24.7 Å². The summed E-state index contributed by atoms with van der Waals surface area (Å²) in [5.74, 6) is 0.931. The van der Waals surface area contributed by atoms with E-state index in [1.54, 1.807) is 0 Å². The van der Waals surface area contributed by atoms with Gasteiger partial charge in [-0.3, -0.25) is 4.79 Å². The smallest absolute Gasteiger partial charge is 0 e. The molecule has 2 saturated carbocycles. The average Bonchev–Trinajstić information content (AvgIpc) is 2.84. The second-order valence-corrected chi connectivity index (χ2v) is 6.52. The van der Waals surface area contributed by atoms with E-state index in [-0.39, 0.29) is 35.2 Å². The predicted molar refractivity (Wildman–Crippen MR) is 105 cm³/mol. The van der Waals surface area contributed by atoms with Crippen molar-refractivity contribution in [1.82, 2.24) is 0 Å². The summed E-state index contributed by atoms with van der Waals surface area (Å²) in [4.78, 5) is 11.9. The van der Waals surface area contributed by atoms with Crippen molar-refractivity contribution in [3.05, 3.63) is 81.0 Å². The number of rotatable bonds is 5. The molecule has 0 aromatic heterocycles. The van der Waals surface area contributed by atoms with Crippen LogP contribution in [0.15, 0.2) is 30.3 Å². The molecular weight excluding hydrogens is 440 g/mol. The summed E-state index contributed by atoms with van der Waals surface area (Å²) < 4.78 is 34.0. The number of esters is 1. The fraction of sp³-hybridized carbons (Fsp3) is 0.417. The van der Waals surface area contributed by atoms with Gasteiger partial charge in [-0.15, -0.1) is 0 Å². The molecule has 2 aliphatic carbocycles. The zero-order valence-corrected chi connectivity index (χ0v) is 18.5. The van der Waals surface area contributed by atoms with E-state index in [4.69, 9.17) is 23.4 Å². The topological polar surface area (TPSA) is 95.2 Å². The zero-order valence-electron chi connectivity index (χ0n) is 17.4. The van der Waals surface area contributed by atoms with Gasteiger partial charge >= 0.3 is 39.9 Å². The molecule has 0 N–H and O–H groups in total. The Morgan fingerprint density at radius 1 is 1.03 bits per heavy atom. The van der Waals surface area contributed by atoms with E-state index in [1.165, 1.54) is 24.8 Å². The van der Waals surface area contributed by atoms with Crippen LogP contribution in [0.4, 0.5) is 0 Å². The summed E-state index contributed by atoms with van der Waals surface area (Å²) in [6.07, 6.45) is 11.3. The summed E-state index contributed by atoms with van der Waals surface area (Å²) in [7, 11) is 0. The summed E-state index contributed by atoms with van der Waals surface area (Å²) >= 11 is 0. The van der Waals surface area contributed by atoms with E-state index in [0.717, 1.165) is 6.42 Å². The quantitative estimate of drug-likeness (QED) is 0.283. The Kier molecular flexibility index (Phi) is 20.7. The Balaban J connectivity index is 0. The number of hydrogen-bond donors (Lipinski definition) is 0. The van der Waals surface area contributed by atoms with Gasteiger partial charge in [0.25, 0.3) is 0 Å². The van der Waals surface area contributed by atoms with Crippen molar-refractivity contribution >= 4 is 5.97 Å². The molecule has 31 heavy (non-hydrogen) atoms. The monoisotopic (exact) mass is 466 g/mol. The van der Waals surface area contributed by atoms with Crippen molar-refractivity contribution in [2.24, 2.45) is 0 Å². The minimum absolute atomic E-state index is 0. The van der Waals surface area contributed by atoms with Crippen LogP contribution in [0.25, 0.3) is 0 Å². The number of carbonyl (C=O) groups excluding carboxylic acids is 1. The first-order chi connectivity index (χ1) is 14.8. The molecule has 0 unspecified atom stereocenters. The van der Waals surface area contributed by atoms with Gasteiger partial charge in [-0.2, -0.15) is 0 Å². The molecule has 2 fully saturated rings. The van der Waals surface area contributed by atoms with Crippen molar-refractivity contribution in [3.63, 3.8) is 0 Å². The number of benzene rings is 1. The maximum atomic E-state index is 11.9. The molecule has 0 aliphatic heterocycles. The molecule has 0 saturated heterocycles. The summed E-state index contributed by atoms with van der Waals surface area (Å²) in [6, 6.07) is 10.7. The van der Waals surface area contributed by atoms with Gasteiger partial charge in [-0.1, -0.05) is 43.2 Å². The molecule has 0 bridgehead atoms. The van der Waals surface area contributed by atoms with Crippen LogP contribution in [0.2, 0.25) is 0 Å². The molecule has 3 atom stereocenters. The van der Waals surface area contributed by atoms with Crippen molar-refractivity contribution in [1.29, 1.82) is 0 Å². The van der Waals surface area contributed by atoms with Crippen molar-refractivity contribution in [2.75, 3.05) is 6.61 Å². The average molecular weight is 466 g/mol. The Morgan fingerprint density at radius 2 is 1.65 bits per heavy atom. The van der Waals surface area contributed by atoms with Crippen LogP contribution >= 0.6 is 0 Å². The fourth-order valence-electron chi connectivity index (χ4n) is 3.68. The van der Waals surface area contributed by atoms with Crippen LogP contribution in [0.1, 0.15) is 50.5 Å². The molecule has 6 nitrogen and oxygen atoms in total. The number of ether oxygens (including phenoxy) is 2. The fourth-order valence-corrected chi connectivity index (χ4v) is 3.68. The van der Waals surface area contributed by atoms with Gasteiger partial charge < -0.3 is 9.47 Å². The van der Waals surface area contributed by atoms with Gasteiger partial charge in [0.2, 0.25) is 0 Å². The van der Waals surface area contributed by atoms with E-state index in [2.05, 4.69) is 56.7 Å². The zero-order chi connectivity index (χ0) is 22.8. The van der Waals surface area contributed by atoms with E-state index in [9.17, 15) is 4.79 Å². The standard InChI is InChI=1S/C21H26O3.3CO.Fe/c1-2-23-21(22)17-11-8-12-18(15-17)24-20-14-7-6-13-19(20)16-9-4-3-5-10-16;3*1-2;/h3-5,8-12,18-20H,2,6-7,13-15H2,1H3;;;;/t18-,19-,20+;;;;/m0..../s1. The Bertz CT molecular complexity index is 628. The summed E-state index contributed by atoms with van der Waals surface area (Å²) in [5.41, 5.74) is 1.36. The molecule has 166 valence electrons. The normalized spacial score (nSPS) is 22.2. The molecule has 0 spiro atoms. The molecule has 2 aliphatic rings. The number of carbonyl (C=O) groups is 1. The molecular formula is C24H26FeO6. The third-order valence-corrected chi connectivity index (χ3v) is 4.86. The van der Waals surface area contributed by atoms with Gasteiger partial charge in [0.15, 0.2) is 0 Å². The minimum atomic E-state index is -0.223. The van der Waals surface area contributed by atoms with E-state index < -0.39 is 0 Å².